The van der Waals surface area contributed by atoms with Crippen LogP contribution in [0.3, 0.4) is 0 Å². The van der Waals surface area contributed by atoms with Crippen molar-refractivity contribution in [2.45, 2.75) is 6.54 Å². The molecular weight excluding hydrogens is 170 g/mol. The number of hydrogen-bond acceptors (Lipinski definition) is 5. The molecule has 5 nitrogen and oxygen atoms in total. The minimum absolute atomic E-state index is 0.276. The molecule has 70 valence electrons. The number of methoxy groups -OCH3 is 2. The Morgan fingerprint density at radius 3 is 2.69 bits per heavy atom. The molecule has 0 spiro atoms. The van der Waals surface area contributed by atoms with Gasteiger partial charge >= 0.3 is 6.01 Å². The third-order valence-corrected chi connectivity index (χ3v) is 1.40. The normalized spacial score (nSPS) is 9.38. The second-order valence-corrected chi connectivity index (χ2v) is 2.27. The largest absolute Gasteiger partial charge is 0.481 e. The first-order valence-corrected chi connectivity index (χ1v) is 3.68. The Morgan fingerprint density at radius 1 is 1.38 bits per heavy atom. The Kier molecular flexibility index (Phi) is 3.19. The lowest BCUT2D eigenvalue weighted by Gasteiger charge is -2.03. The highest BCUT2D eigenvalue weighted by atomic mass is 16.5. The Bertz CT molecular complexity index is 279. The summed E-state index contributed by atoms with van der Waals surface area (Å²) in [5.74, 6) is 0.463. The smallest absolute Gasteiger partial charge is 0.319 e. The summed E-state index contributed by atoms with van der Waals surface area (Å²) >= 11 is 0. The maximum absolute atomic E-state index is 4.95. The number of rotatable bonds is 4. The van der Waals surface area contributed by atoms with Gasteiger partial charge < -0.3 is 9.47 Å². The van der Waals surface area contributed by atoms with Crippen LogP contribution in [0.15, 0.2) is 11.1 Å². The summed E-state index contributed by atoms with van der Waals surface area (Å²) in [6.45, 7) is 3.80. The Morgan fingerprint density at radius 2 is 2.15 bits per heavy atom. The van der Waals surface area contributed by atoms with Crippen molar-refractivity contribution in [2.24, 2.45) is 4.99 Å². The Labute approximate surface area is 76.5 Å². The van der Waals surface area contributed by atoms with Crippen molar-refractivity contribution in [3.05, 3.63) is 11.8 Å². The lowest BCUT2D eigenvalue weighted by molar-refractivity contribution is 0.350. The lowest BCUT2D eigenvalue weighted by atomic mass is 10.4. The maximum atomic E-state index is 4.95. The number of aliphatic imine (C=N–C) groups is 1. The van der Waals surface area contributed by atoms with E-state index < -0.39 is 0 Å². The molecule has 1 heterocycles. The van der Waals surface area contributed by atoms with Gasteiger partial charge in [0, 0.05) is 6.07 Å². The average molecular weight is 181 g/mol. The highest BCUT2D eigenvalue weighted by molar-refractivity contribution is 5.25. The fourth-order valence-corrected chi connectivity index (χ4v) is 0.841. The van der Waals surface area contributed by atoms with Crippen molar-refractivity contribution in [1.82, 2.24) is 9.97 Å². The highest BCUT2D eigenvalue weighted by Gasteiger charge is 2.03. The maximum Gasteiger partial charge on any atom is 0.319 e. The molecule has 13 heavy (non-hydrogen) atoms. The van der Waals surface area contributed by atoms with E-state index in [1.54, 1.807) is 6.07 Å². The van der Waals surface area contributed by atoms with E-state index in [1.165, 1.54) is 14.2 Å². The molecule has 0 amide bonds. The van der Waals surface area contributed by atoms with Gasteiger partial charge in [0.1, 0.15) is 0 Å². The second kappa shape index (κ2) is 4.39. The molecule has 0 radical (unpaired) electrons. The van der Waals surface area contributed by atoms with E-state index in [4.69, 9.17) is 9.47 Å². The van der Waals surface area contributed by atoms with Crippen LogP contribution in [0.2, 0.25) is 0 Å². The van der Waals surface area contributed by atoms with E-state index in [0.717, 1.165) is 5.69 Å². The van der Waals surface area contributed by atoms with Crippen LogP contribution in [-0.4, -0.2) is 30.9 Å². The van der Waals surface area contributed by atoms with Crippen LogP contribution in [0, 0.1) is 0 Å². The highest BCUT2D eigenvalue weighted by Crippen LogP contribution is 2.13. The van der Waals surface area contributed by atoms with Gasteiger partial charge in [-0.25, -0.2) is 0 Å². The quantitative estimate of drug-likeness (QED) is 0.641. The van der Waals surface area contributed by atoms with Gasteiger partial charge in [-0.3, -0.25) is 4.99 Å². The molecule has 0 fully saturated rings. The van der Waals surface area contributed by atoms with Crippen molar-refractivity contribution in [3.63, 3.8) is 0 Å². The predicted molar refractivity (Wildman–Crippen MR) is 48.4 cm³/mol. The molecule has 0 aliphatic rings. The molecule has 0 saturated heterocycles. The van der Waals surface area contributed by atoms with Crippen LogP contribution in [-0.2, 0) is 6.54 Å². The van der Waals surface area contributed by atoms with E-state index in [2.05, 4.69) is 21.7 Å². The lowest BCUT2D eigenvalue weighted by Crippen LogP contribution is -1.98. The topological polar surface area (TPSA) is 56.6 Å². The number of ether oxygens (including phenoxy) is 2. The van der Waals surface area contributed by atoms with Crippen LogP contribution < -0.4 is 9.47 Å². The summed E-state index contributed by atoms with van der Waals surface area (Å²) in [4.78, 5) is 11.7. The van der Waals surface area contributed by atoms with Crippen molar-refractivity contribution < 1.29 is 9.47 Å². The molecule has 1 rings (SSSR count). The number of hydrogen-bond donors (Lipinski definition) is 0. The van der Waals surface area contributed by atoms with Gasteiger partial charge in [0.25, 0.3) is 0 Å². The second-order valence-electron chi connectivity index (χ2n) is 2.27. The van der Waals surface area contributed by atoms with Gasteiger partial charge in [-0.2, -0.15) is 9.97 Å². The molecule has 0 bridgehead atoms. The Hall–Kier alpha value is -1.65. The number of nitrogens with zero attached hydrogens (tertiary/aromatic N) is 3. The van der Waals surface area contributed by atoms with Crippen molar-refractivity contribution in [2.75, 3.05) is 14.2 Å². The van der Waals surface area contributed by atoms with E-state index in [-0.39, 0.29) is 6.01 Å². The summed E-state index contributed by atoms with van der Waals surface area (Å²) < 4.78 is 9.83. The Balaban J connectivity index is 2.99. The first kappa shape index (κ1) is 9.44. The molecule has 5 heteroatoms. The van der Waals surface area contributed by atoms with Gasteiger partial charge in [-0.15, -0.1) is 0 Å². The van der Waals surface area contributed by atoms with Crippen LogP contribution in [0.1, 0.15) is 5.69 Å². The van der Waals surface area contributed by atoms with Gasteiger partial charge in [0.15, 0.2) is 0 Å². The van der Waals surface area contributed by atoms with Gasteiger partial charge in [0.2, 0.25) is 5.88 Å². The molecule has 0 N–H and O–H groups in total. The van der Waals surface area contributed by atoms with Gasteiger partial charge in [0.05, 0.1) is 26.5 Å². The molecule has 0 atom stereocenters. The summed E-state index contributed by atoms with van der Waals surface area (Å²) in [5.41, 5.74) is 0.721. The van der Waals surface area contributed by atoms with Crippen molar-refractivity contribution in [1.29, 1.82) is 0 Å². The first-order valence-electron chi connectivity index (χ1n) is 3.68. The molecule has 0 aromatic carbocycles. The minimum Gasteiger partial charge on any atom is -0.481 e. The van der Waals surface area contributed by atoms with E-state index in [1.807, 2.05) is 0 Å². The zero-order chi connectivity index (χ0) is 9.68. The standard InChI is InChI=1S/C8H11N3O2/c1-9-5-6-4-7(12-2)11-8(10-6)13-3/h4H,1,5H2,2-3H3. The van der Waals surface area contributed by atoms with E-state index >= 15 is 0 Å². The molecule has 0 aliphatic carbocycles. The zero-order valence-electron chi connectivity index (χ0n) is 7.65. The third-order valence-electron chi connectivity index (χ3n) is 1.40. The first-order chi connectivity index (χ1) is 6.30. The number of aromatic nitrogens is 2. The summed E-state index contributed by atoms with van der Waals surface area (Å²) in [5, 5.41) is 0. The SMILES string of the molecule is C=NCc1cc(OC)nc(OC)n1. The van der Waals surface area contributed by atoms with E-state index in [0.29, 0.717) is 12.4 Å². The van der Waals surface area contributed by atoms with Crippen LogP contribution in [0.25, 0.3) is 0 Å². The zero-order valence-corrected chi connectivity index (χ0v) is 7.65. The van der Waals surface area contributed by atoms with Gasteiger partial charge in [-0.1, -0.05) is 0 Å². The third kappa shape index (κ3) is 2.40. The monoisotopic (exact) mass is 181 g/mol. The fourth-order valence-electron chi connectivity index (χ4n) is 0.841. The summed E-state index contributed by atoms with van der Waals surface area (Å²) in [6.07, 6.45) is 0. The molecule has 0 unspecified atom stereocenters. The minimum atomic E-state index is 0.276. The molecule has 0 saturated carbocycles. The average Bonchev–Trinajstić information content (AvgIpc) is 2.17. The predicted octanol–water partition coefficient (Wildman–Crippen LogP) is 0.694. The molecule has 1 aromatic rings. The summed E-state index contributed by atoms with van der Waals surface area (Å²) in [6, 6.07) is 1.97. The van der Waals surface area contributed by atoms with Gasteiger partial charge in [-0.05, 0) is 6.72 Å². The molecule has 1 aromatic heterocycles. The van der Waals surface area contributed by atoms with E-state index in [9.17, 15) is 0 Å². The van der Waals surface area contributed by atoms with Crippen LogP contribution >= 0.6 is 0 Å². The van der Waals surface area contributed by atoms with Crippen LogP contribution in [0.4, 0.5) is 0 Å². The van der Waals surface area contributed by atoms with Crippen LogP contribution in [0.5, 0.6) is 11.9 Å². The van der Waals surface area contributed by atoms with Crippen molar-refractivity contribution >= 4 is 6.72 Å². The fraction of sp³-hybridized carbons (Fsp3) is 0.375. The van der Waals surface area contributed by atoms with Crippen molar-refractivity contribution in [3.8, 4) is 11.9 Å². The molecular formula is C8H11N3O2. The molecule has 0 aliphatic heterocycles. The summed E-state index contributed by atoms with van der Waals surface area (Å²) in [7, 11) is 3.03.